The second-order valence-corrected chi connectivity index (χ2v) is 9.66. The molecule has 144 valence electrons. The zero-order valence-electron chi connectivity index (χ0n) is 14.4. The van der Waals surface area contributed by atoms with Crippen LogP contribution in [0.5, 0.6) is 0 Å². The van der Waals surface area contributed by atoms with Crippen LogP contribution in [0, 0.1) is 0 Å². The molecule has 8 nitrogen and oxygen atoms in total. The maximum Gasteiger partial charge on any atom is 0.280 e. The van der Waals surface area contributed by atoms with Crippen molar-refractivity contribution in [1.29, 1.82) is 0 Å². The minimum absolute atomic E-state index is 0.0132. The predicted molar refractivity (Wildman–Crippen MR) is 103 cm³/mol. The molecule has 0 unspecified atom stereocenters. The highest BCUT2D eigenvalue weighted by atomic mass is 35.5. The highest BCUT2D eigenvalue weighted by Crippen LogP contribution is 2.24. The van der Waals surface area contributed by atoms with Crippen LogP contribution in [0.3, 0.4) is 0 Å². The molecule has 27 heavy (non-hydrogen) atoms. The molecule has 1 aliphatic carbocycles. The van der Waals surface area contributed by atoms with E-state index in [1.54, 1.807) is 0 Å². The molecule has 2 heterocycles. The van der Waals surface area contributed by atoms with Crippen LogP contribution in [-0.2, 0) is 19.5 Å². The quantitative estimate of drug-likeness (QED) is 0.559. The van der Waals surface area contributed by atoms with Gasteiger partial charge in [0.15, 0.2) is 25.7 Å². The van der Waals surface area contributed by atoms with Gasteiger partial charge in [-0.05, 0) is 37.8 Å². The summed E-state index contributed by atoms with van der Waals surface area (Å²) in [6, 6.07) is 2.79. The van der Waals surface area contributed by atoms with Crippen molar-refractivity contribution in [2.24, 2.45) is 5.16 Å². The van der Waals surface area contributed by atoms with Gasteiger partial charge in [-0.25, -0.2) is 18.4 Å². The van der Waals surface area contributed by atoms with Gasteiger partial charge in [-0.3, -0.25) is 10.1 Å². The van der Waals surface area contributed by atoms with Gasteiger partial charge in [0.1, 0.15) is 10.4 Å². The topological polar surface area (TPSA) is 111 Å². The van der Waals surface area contributed by atoms with Crippen molar-refractivity contribution in [2.45, 2.75) is 36.8 Å². The number of anilines is 1. The van der Waals surface area contributed by atoms with Crippen LogP contribution in [0.1, 0.15) is 31.2 Å². The number of pyridine rings is 1. The van der Waals surface area contributed by atoms with Crippen LogP contribution in [0.15, 0.2) is 34.7 Å². The van der Waals surface area contributed by atoms with E-state index < -0.39 is 15.7 Å². The van der Waals surface area contributed by atoms with Crippen LogP contribution in [-0.4, -0.2) is 42.4 Å². The monoisotopic (exact) mass is 428 g/mol. The van der Waals surface area contributed by atoms with E-state index in [-0.39, 0.29) is 16.8 Å². The largest absolute Gasteiger partial charge is 0.392 e. The number of nitrogens with zero attached hydrogens (tertiary/aromatic N) is 3. The highest BCUT2D eigenvalue weighted by Gasteiger charge is 2.21. The number of hydrogen-bond donors (Lipinski definition) is 1. The van der Waals surface area contributed by atoms with Gasteiger partial charge in [0, 0.05) is 18.0 Å². The molecule has 0 spiro atoms. The molecule has 1 amide bonds. The van der Waals surface area contributed by atoms with E-state index in [1.807, 2.05) is 0 Å². The third-order valence-corrected chi connectivity index (χ3v) is 5.93. The molecule has 11 heteroatoms. The van der Waals surface area contributed by atoms with Crippen molar-refractivity contribution in [3.63, 3.8) is 0 Å². The van der Waals surface area contributed by atoms with E-state index in [1.165, 1.54) is 24.5 Å². The van der Waals surface area contributed by atoms with Crippen molar-refractivity contribution in [1.82, 2.24) is 9.97 Å². The Morgan fingerprint density at radius 1 is 1.30 bits per heavy atom. The first kappa shape index (κ1) is 19.7. The van der Waals surface area contributed by atoms with Crippen molar-refractivity contribution >= 4 is 49.5 Å². The van der Waals surface area contributed by atoms with E-state index in [0.29, 0.717) is 15.0 Å². The second-order valence-electron chi connectivity index (χ2n) is 6.03. The first-order valence-electron chi connectivity index (χ1n) is 8.16. The Hall–Kier alpha value is -2.04. The first-order chi connectivity index (χ1) is 12.8. The maximum atomic E-state index is 12.7. The van der Waals surface area contributed by atoms with Crippen LogP contribution >= 0.6 is 22.9 Å². The van der Waals surface area contributed by atoms with Crippen LogP contribution in [0.25, 0.3) is 0 Å². The Labute approximate surface area is 165 Å². The Morgan fingerprint density at radius 2 is 2.04 bits per heavy atom. The number of aromatic nitrogens is 2. The fourth-order valence-corrected chi connectivity index (χ4v) is 3.92. The van der Waals surface area contributed by atoms with Gasteiger partial charge in [-0.2, -0.15) is 0 Å². The SMILES string of the molecule is CS(=O)(=O)c1ccc(/C(=N\OC2CCCC2)C(=O)Nc2ncc(Cl)s2)cn1. The summed E-state index contributed by atoms with van der Waals surface area (Å²) in [5, 5.41) is 6.87. The van der Waals surface area contributed by atoms with E-state index in [0.717, 1.165) is 43.3 Å². The van der Waals surface area contributed by atoms with E-state index in [4.69, 9.17) is 16.4 Å². The minimum atomic E-state index is -3.44. The average molecular weight is 429 g/mol. The Balaban J connectivity index is 1.86. The standard InChI is InChI=1S/C16H17ClN4O4S2/c1-27(23,24)13-7-6-10(8-18-13)14(21-25-11-4-2-3-5-11)15(22)20-16-19-9-12(17)26-16/h6-9,11H,2-5H2,1H3,(H,19,20,22)/b21-14+. The number of halogens is 1. The number of nitrogens with one attached hydrogen (secondary N) is 1. The molecule has 0 atom stereocenters. The third kappa shape index (κ3) is 5.24. The van der Waals surface area contributed by atoms with Crippen molar-refractivity contribution in [3.05, 3.63) is 34.4 Å². The lowest BCUT2D eigenvalue weighted by atomic mass is 10.1. The van der Waals surface area contributed by atoms with Gasteiger partial charge in [0.05, 0.1) is 6.20 Å². The number of sulfone groups is 1. The summed E-state index contributed by atoms with van der Waals surface area (Å²) in [6.45, 7) is 0. The summed E-state index contributed by atoms with van der Waals surface area (Å²) in [5.74, 6) is -0.548. The lowest BCUT2D eigenvalue weighted by Gasteiger charge is -2.10. The van der Waals surface area contributed by atoms with Crippen LogP contribution < -0.4 is 5.32 Å². The zero-order chi connectivity index (χ0) is 19.4. The fourth-order valence-electron chi connectivity index (χ4n) is 2.55. The predicted octanol–water partition coefficient (Wildman–Crippen LogP) is 2.90. The summed E-state index contributed by atoms with van der Waals surface area (Å²) >= 11 is 6.94. The number of hydrogen-bond acceptors (Lipinski definition) is 8. The molecular formula is C16H17ClN4O4S2. The average Bonchev–Trinajstić information content (AvgIpc) is 3.26. The fraction of sp³-hybridized carbons (Fsp3) is 0.375. The van der Waals surface area contributed by atoms with Crippen LogP contribution in [0.2, 0.25) is 4.34 Å². The van der Waals surface area contributed by atoms with Gasteiger partial charge < -0.3 is 4.84 Å². The number of thiazole rings is 1. The summed E-state index contributed by atoms with van der Waals surface area (Å²) in [7, 11) is -3.44. The molecule has 0 saturated heterocycles. The van der Waals surface area contributed by atoms with Gasteiger partial charge in [0.25, 0.3) is 5.91 Å². The van der Waals surface area contributed by atoms with Gasteiger partial charge in [-0.15, -0.1) is 0 Å². The molecule has 1 aliphatic rings. The van der Waals surface area contributed by atoms with Crippen molar-refractivity contribution in [2.75, 3.05) is 11.6 Å². The number of rotatable bonds is 6. The van der Waals surface area contributed by atoms with Gasteiger partial charge in [0.2, 0.25) is 0 Å². The number of amides is 1. The summed E-state index contributed by atoms with van der Waals surface area (Å²) in [5.41, 5.74) is 0.321. The smallest absolute Gasteiger partial charge is 0.280 e. The third-order valence-electron chi connectivity index (χ3n) is 3.90. The lowest BCUT2D eigenvalue weighted by molar-refractivity contribution is -0.110. The number of carbonyl (C=O) groups is 1. The first-order valence-corrected chi connectivity index (χ1v) is 11.2. The second kappa shape index (κ2) is 8.32. The van der Waals surface area contributed by atoms with Crippen molar-refractivity contribution < 1.29 is 18.0 Å². The Kier molecular flexibility index (Phi) is 6.08. The molecule has 2 aromatic heterocycles. The minimum Gasteiger partial charge on any atom is -0.392 e. The molecule has 0 aliphatic heterocycles. The maximum absolute atomic E-state index is 12.7. The molecular weight excluding hydrogens is 412 g/mol. The molecule has 1 N–H and O–H groups in total. The summed E-state index contributed by atoms with van der Waals surface area (Å²) in [4.78, 5) is 26.1. The highest BCUT2D eigenvalue weighted by molar-refractivity contribution is 7.90. The zero-order valence-corrected chi connectivity index (χ0v) is 16.8. The number of carbonyl (C=O) groups excluding carboxylic acids is 1. The lowest BCUT2D eigenvalue weighted by Crippen LogP contribution is -2.25. The summed E-state index contributed by atoms with van der Waals surface area (Å²) < 4.78 is 23.6. The van der Waals surface area contributed by atoms with E-state index >= 15 is 0 Å². The molecule has 2 aromatic rings. The van der Waals surface area contributed by atoms with Crippen molar-refractivity contribution in [3.8, 4) is 0 Å². The normalized spacial score (nSPS) is 15.7. The Morgan fingerprint density at radius 3 is 2.59 bits per heavy atom. The molecule has 0 radical (unpaired) electrons. The van der Waals surface area contributed by atoms with Crippen LogP contribution in [0.4, 0.5) is 5.13 Å². The van der Waals surface area contributed by atoms with Gasteiger partial charge in [-0.1, -0.05) is 28.1 Å². The van der Waals surface area contributed by atoms with E-state index in [2.05, 4.69) is 20.4 Å². The molecule has 0 aromatic carbocycles. The molecule has 3 rings (SSSR count). The molecule has 1 saturated carbocycles. The van der Waals surface area contributed by atoms with E-state index in [9.17, 15) is 13.2 Å². The number of oxime groups is 1. The molecule has 0 bridgehead atoms. The Bertz CT molecular complexity index is 951. The summed E-state index contributed by atoms with van der Waals surface area (Å²) in [6.07, 6.45) is 7.61. The molecule has 1 fully saturated rings. The van der Waals surface area contributed by atoms with Gasteiger partial charge >= 0.3 is 0 Å².